The first kappa shape index (κ1) is 24.8. The maximum atomic E-state index is 6.71. The van der Waals surface area contributed by atoms with Crippen molar-refractivity contribution in [2.24, 2.45) is 0 Å². The molecule has 4 heterocycles. The van der Waals surface area contributed by atoms with Gasteiger partial charge in [-0.2, -0.15) is 0 Å². The minimum Gasteiger partial charge on any atom is -0.453 e. The summed E-state index contributed by atoms with van der Waals surface area (Å²) in [7, 11) is 0. The number of rotatable bonds is 2. The molecule has 5 nitrogen and oxygen atoms in total. The Morgan fingerprint density at radius 1 is 0.277 bits per heavy atom. The van der Waals surface area contributed by atoms with Crippen LogP contribution in [0.1, 0.15) is 0 Å². The predicted octanol–water partition coefficient (Wildman–Crippen LogP) is 11.3. The lowest BCUT2D eigenvalue weighted by molar-refractivity contribution is 0.641. The van der Waals surface area contributed by atoms with E-state index < -0.39 is 0 Å². The summed E-state index contributed by atoms with van der Waals surface area (Å²) in [6.07, 6.45) is 0. The van der Waals surface area contributed by atoms with Gasteiger partial charge in [0.25, 0.3) is 0 Å². The van der Waals surface area contributed by atoms with Crippen LogP contribution in [0, 0.1) is 0 Å². The summed E-state index contributed by atoms with van der Waals surface area (Å²) in [6.45, 7) is 0. The highest BCUT2D eigenvalue weighted by atomic mass is 16.3. The van der Waals surface area contributed by atoms with Crippen molar-refractivity contribution < 1.29 is 8.83 Å². The number of hydrogen-bond donors (Lipinski definition) is 0. The molecule has 0 aliphatic carbocycles. The molecule has 0 N–H and O–H groups in total. The summed E-state index contributed by atoms with van der Waals surface area (Å²) in [5.41, 5.74) is 17.3. The van der Waals surface area contributed by atoms with Crippen molar-refractivity contribution in [3.05, 3.63) is 152 Å². The number of aromatic nitrogens is 3. The molecular weight excluding hydrogens is 578 g/mol. The standard InChI is InChI=1S/C42H25N3O2/c1-3-11-26(12-4-1)28-19-21-30-34(23-28)45-35-24-29(27-13-5-2-6-14-27)20-22-31(35)44-33-16-8-10-18-37(33)47-39-25-38-40(42(45)41(39)44)43(30)32-15-7-9-17-36(32)46-38/h1-25H. The largest absolute Gasteiger partial charge is 0.453 e. The molecule has 0 aliphatic rings. The molecule has 11 aromatic rings. The number of hydrogen-bond acceptors (Lipinski definition) is 2. The van der Waals surface area contributed by atoms with E-state index in [1.807, 2.05) is 24.3 Å². The van der Waals surface area contributed by atoms with Crippen molar-refractivity contribution >= 4 is 72.0 Å². The maximum Gasteiger partial charge on any atom is 0.157 e. The third-order valence-electron chi connectivity index (χ3n) is 9.63. The Kier molecular flexibility index (Phi) is 4.78. The quantitative estimate of drug-likeness (QED) is 0.146. The first-order valence-corrected chi connectivity index (χ1v) is 15.9. The van der Waals surface area contributed by atoms with Gasteiger partial charge in [-0.25, -0.2) is 0 Å². The summed E-state index contributed by atoms with van der Waals surface area (Å²) < 4.78 is 20.6. The summed E-state index contributed by atoms with van der Waals surface area (Å²) in [5, 5.41) is 0. The van der Waals surface area contributed by atoms with E-state index in [1.54, 1.807) is 0 Å². The first-order chi connectivity index (χ1) is 23.3. The van der Waals surface area contributed by atoms with Gasteiger partial charge in [0.05, 0.1) is 33.1 Å². The zero-order valence-corrected chi connectivity index (χ0v) is 25.1. The second kappa shape index (κ2) is 9.05. The van der Waals surface area contributed by atoms with Crippen molar-refractivity contribution in [3.63, 3.8) is 0 Å². The molecule has 0 saturated carbocycles. The molecule has 5 heteroatoms. The molecule has 0 unspecified atom stereocenters. The molecule has 0 aliphatic heterocycles. The average molecular weight is 604 g/mol. The Hall–Kier alpha value is -6.46. The molecule has 0 saturated heterocycles. The van der Waals surface area contributed by atoms with Gasteiger partial charge < -0.3 is 13.2 Å². The Balaban J connectivity index is 1.49. The van der Waals surface area contributed by atoms with Crippen LogP contribution < -0.4 is 0 Å². The fraction of sp³-hybridized carbons (Fsp3) is 0. The minimum absolute atomic E-state index is 0.766. The van der Waals surface area contributed by atoms with Crippen LogP contribution in [0.2, 0.25) is 0 Å². The summed E-state index contributed by atoms with van der Waals surface area (Å²) >= 11 is 0. The summed E-state index contributed by atoms with van der Waals surface area (Å²) in [5.74, 6) is 0. The molecular formula is C42H25N3O2. The van der Waals surface area contributed by atoms with Crippen molar-refractivity contribution in [1.82, 2.24) is 13.2 Å². The third-order valence-corrected chi connectivity index (χ3v) is 9.63. The van der Waals surface area contributed by atoms with Crippen molar-refractivity contribution in [3.8, 4) is 22.3 Å². The van der Waals surface area contributed by atoms with Crippen molar-refractivity contribution in [1.29, 1.82) is 0 Å². The highest BCUT2D eigenvalue weighted by Crippen LogP contribution is 2.42. The fourth-order valence-corrected chi connectivity index (χ4v) is 7.61. The molecule has 0 atom stereocenters. The average Bonchev–Trinajstić information content (AvgIpc) is 3.14. The molecule has 0 fully saturated rings. The van der Waals surface area contributed by atoms with Gasteiger partial charge in [-0.3, -0.25) is 8.80 Å². The minimum atomic E-state index is 0.766. The second-order valence-electron chi connectivity index (χ2n) is 12.2. The number of fused-ring (bicyclic) bond motifs is 10. The van der Waals surface area contributed by atoms with Crippen LogP contribution in [-0.4, -0.2) is 13.2 Å². The maximum absolute atomic E-state index is 6.71. The summed E-state index contributed by atoms with van der Waals surface area (Å²) in [4.78, 5) is 0. The predicted molar refractivity (Wildman–Crippen MR) is 191 cm³/mol. The van der Waals surface area contributed by atoms with Crippen LogP contribution in [-0.2, 0) is 0 Å². The second-order valence-corrected chi connectivity index (χ2v) is 12.2. The van der Waals surface area contributed by atoms with Gasteiger partial charge in [-0.05, 0) is 70.8 Å². The van der Waals surface area contributed by atoms with E-state index in [0.29, 0.717) is 0 Å². The van der Waals surface area contributed by atoms with Crippen molar-refractivity contribution in [2.45, 2.75) is 0 Å². The lowest BCUT2D eigenvalue weighted by atomic mass is 10.0. The van der Waals surface area contributed by atoms with Crippen LogP contribution in [0.4, 0.5) is 0 Å². The molecule has 220 valence electrons. The molecule has 0 amide bonds. The Morgan fingerprint density at radius 3 is 1.19 bits per heavy atom. The molecule has 4 aromatic heterocycles. The van der Waals surface area contributed by atoms with Gasteiger partial charge in [-0.15, -0.1) is 0 Å². The number of nitrogens with zero attached hydrogens (tertiary/aromatic N) is 3. The van der Waals surface area contributed by atoms with E-state index in [9.17, 15) is 0 Å². The Morgan fingerprint density at radius 2 is 0.702 bits per heavy atom. The van der Waals surface area contributed by atoms with Gasteiger partial charge in [-0.1, -0.05) is 97.1 Å². The van der Waals surface area contributed by atoms with E-state index >= 15 is 0 Å². The third kappa shape index (κ3) is 3.32. The molecule has 0 bridgehead atoms. The highest BCUT2D eigenvalue weighted by Gasteiger charge is 2.24. The molecule has 0 radical (unpaired) electrons. The van der Waals surface area contributed by atoms with Gasteiger partial charge in [0.15, 0.2) is 22.3 Å². The van der Waals surface area contributed by atoms with Crippen LogP contribution in [0.15, 0.2) is 160 Å². The van der Waals surface area contributed by atoms with Crippen LogP contribution in [0.25, 0.3) is 94.2 Å². The Labute approximate surface area is 267 Å². The smallest absolute Gasteiger partial charge is 0.157 e. The van der Waals surface area contributed by atoms with E-state index in [1.165, 1.54) is 11.1 Å². The van der Waals surface area contributed by atoms with E-state index in [2.05, 4.69) is 141 Å². The normalized spacial score (nSPS) is 12.3. The zero-order valence-electron chi connectivity index (χ0n) is 25.1. The van der Waals surface area contributed by atoms with Crippen molar-refractivity contribution in [2.75, 3.05) is 0 Å². The van der Waals surface area contributed by atoms with Crippen LogP contribution >= 0.6 is 0 Å². The topological polar surface area (TPSA) is 39.5 Å². The Bertz CT molecular complexity index is 2860. The zero-order chi connectivity index (χ0) is 30.6. The van der Waals surface area contributed by atoms with Crippen LogP contribution in [0.3, 0.4) is 0 Å². The first-order valence-electron chi connectivity index (χ1n) is 15.9. The van der Waals surface area contributed by atoms with Crippen LogP contribution in [0.5, 0.6) is 0 Å². The van der Waals surface area contributed by atoms with E-state index in [-0.39, 0.29) is 0 Å². The lowest BCUT2D eigenvalue weighted by Crippen LogP contribution is -2.09. The van der Waals surface area contributed by atoms with Gasteiger partial charge in [0, 0.05) is 6.07 Å². The fourth-order valence-electron chi connectivity index (χ4n) is 7.61. The van der Waals surface area contributed by atoms with Gasteiger partial charge in [0.1, 0.15) is 16.6 Å². The van der Waals surface area contributed by atoms with E-state index in [4.69, 9.17) is 8.83 Å². The molecule has 47 heavy (non-hydrogen) atoms. The summed E-state index contributed by atoms with van der Waals surface area (Å²) in [6, 6.07) is 53.5. The molecule has 11 rings (SSSR count). The lowest BCUT2D eigenvalue weighted by Gasteiger charge is -2.24. The van der Waals surface area contributed by atoms with Gasteiger partial charge in [0.2, 0.25) is 0 Å². The van der Waals surface area contributed by atoms with Gasteiger partial charge >= 0.3 is 0 Å². The molecule has 0 spiro atoms. The SMILES string of the molecule is c1ccc(-c2ccc3c(c2)n2c4cc(-c5ccccc5)ccc4n4c5ccccc5oc5cc6oc7ccccc7n3c6c2c54)cc1. The number of para-hydroxylation sites is 4. The monoisotopic (exact) mass is 603 g/mol. The molecule has 7 aromatic carbocycles. The number of benzene rings is 7. The highest BCUT2D eigenvalue weighted by molar-refractivity contribution is 6.16. The van der Waals surface area contributed by atoms with E-state index in [0.717, 1.165) is 83.1 Å².